The largest absolute Gasteiger partial charge is 0.466 e. The lowest BCUT2D eigenvalue weighted by atomic mass is 9.95. The van der Waals surface area contributed by atoms with Gasteiger partial charge < -0.3 is 9.64 Å². The van der Waals surface area contributed by atoms with Crippen molar-refractivity contribution < 1.29 is 9.53 Å². The molecule has 1 atom stereocenters. The minimum atomic E-state index is 0.00162. The molecule has 0 aliphatic carbocycles. The van der Waals surface area contributed by atoms with E-state index in [-0.39, 0.29) is 11.9 Å². The van der Waals surface area contributed by atoms with E-state index in [1.807, 2.05) is 6.92 Å². The molecule has 1 rings (SSSR count). The zero-order valence-corrected chi connectivity index (χ0v) is 11.6. The Bertz CT molecular complexity index is 226. The van der Waals surface area contributed by atoms with Crippen LogP contribution in [0.3, 0.4) is 0 Å². The molecule has 0 amide bonds. The number of carbonyl (C=O) groups excluding carboxylic acids is 1. The zero-order chi connectivity index (χ0) is 12.7. The zero-order valence-electron chi connectivity index (χ0n) is 11.6. The molecule has 0 aromatic rings. The molecule has 0 saturated carbocycles. The summed E-state index contributed by atoms with van der Waals surface area (Å²) in [6.07, 6.45) is 4.59. The Balaban J connectivity index is 2.40. The highest BCUT2D eigenvalue weighted by Gasteiger charge is 2.27. The number of ether oxygens (including phenoxy) is 1. The standard InChI is InChI=1S/C14H27NO2/c1-4-12(5-2)10-15-9-7-8-13(11-15)14(16)17-6-3/h12-13H,4-11H2,1-3H3/t13-/m1/s1. The molecule has 0 unspecified atom stereocenters. The van der Waals surface area contributed by atoms with Crippen LogP contribution >= 0.6 is 0 Å². The van der Waals surface area contributed by atoms with Crippen molar-refractivity contribution in [3.63, 3.8) is 0 Å². The van der Waals surface area contributed by atoms with E-state index in [0.29, 0.717) is 6.61 Å². The molecule has 1 aliphatic heterocycles. The molecule has 0 N–H and O–H groups in total. The molecule has 0 aromatic heterocycles. The first-order chi connectivity index (χ1) is 8.21. The van der Waals surface area contributed by atoms with Gasteiger partial charge in [0.05, 0.1) is 12.5 Å². The normalized spacial score (nSPS) is 21.8. The van der Waals surface area contributed by atoms with E-state index in [9.17, 15) is 4.79 Å². The van der Waals surface area contributed by atoms with E-state index in [0.717, 1.165) is 38.4 Å². The van der Waals surface area contributed by atoms with Crippen molar-refractivity contribution in [1.82, 2.24) is 4.90 Å². The van der Waals surface area contributed by atoms with Crippen LogP contribution in [0.25, 0.3) is 0 Å². The molecule has 0 bridgehead atoms. The monoisotopic (exact) mass is 241 g/mol. The Morgan fingerprint density at radius 1 is 1.35 bits per heavy atom. The summed E-state index contributed by atoms with van der Waals surface area (Å²) in [5, 5.41) is 0. The Morgan fingerprint density at radius 2 is 2.06 bits per heavy atom. The minimum absolute atomic E-state index is 0.00162. The van der Waals surface area contributed by atoms with Crippen LogP contribution in [0.15, 0.2) is 0 Å². The van der Waals surface area contributed by atoms with Gasteiger partial charge in [0.2, 0.25) is 0 Å². The third-order valence-electron chi connectivity index (χ3n) is 3.80. The van der Waals surface area contributed by atoms with Crippen LogP contribution in [-0.2, 0) is 9.53 Å². The highest BCUT2D eigenvalue weighted by molar-refractivity contribution is 5.72. The number of carbonyl (C=O) groups is 1. The van der Waals surface area contributed by atoms with Gasteiger partial charge in [-0.15, -0.1) is 0 Å². The van der Waals surface area contributed by atoms with Crippen LogP contribution in [0.4, 0.5) is 0 Å². The van der Waals surface area contributed by atoms with E-state index in [2.05, 4.69) is 18.7 Å². The predicted molar refractivity (Wildman–Crippen MR) is 69.9 cm³/mol. The molecule has 0 radical (unpaired) electrons. The first-order valence-electron chi connectivity index (χ1n) is 7.10. The van der Waals surface area contributed by atoms with Gasteiger partial charge in [-0.25, -0.2) is 0 Å². The minimum Gasteiger partial charge on any atom is -0.466 e. The summed E-state index contributed by atoms with van der Waals surface area (Å²) in [5.74, 6) is 0.885. The van der Waals surface area contributed by atoms with Crippen molar-refractivity contribution >= 4 is 5.97 Å². The molecule has 0 aromatic carbocycles. The summed E-state index contributed by atoms with van der Waals surface area (Å²) in [5.41, 5.74) is 0. The topological polar surface area (TPSA) is 29.5 Å². The maximum atomic E-state index is 11.7. The Morgan fingerprint density at radius 3 is 2.65 bits per heavy atom. The second kappa shape index (κ2) is 7.70. The van der Waals surface area contributed by atoms with Gasteiger partial charge in [0.15, 0.2) is 0 Å². The summed E-state index contributed by atoms with van der Waals surface area (Å²) in [4.78, 5) is 14.2. The fourth-order valence-electron chi connectivity index (χ4n) is 2.59. The van der Waals surface area contributed by atoms with Crippen molar-refractivity contribution in [2.75, 3.05) is 26.2 Å². The van der Waals surface area contributed by atoms with Gasteiger partial charge >= 0.3 is 5.97 Å². The molecular formula is C14H27NO2. The maximum Gasteiger partial charge on any atom is 0.310 e. The molecule has 1 fully saturated rings. The SMILES string of the molecule is CCOC(=O)[C@@H]1CCCN(CC(CC)CC)C1. The lowest BCUT2D eigenvalue weighted by Gasteiger charge is -2.33. The lowest BCUT2D eigenvalue weighted by Crippen LogP contribution is -2.41. The Hall–Kier alpha value is -0.570. The lowest BCUT2D eigenvalue weighted by molar-refractivity contribution is -0.150. The number of rotatable bonds is 6. The van der Waals surface area contributed by atoms with E-state index >= 15 is 0 Å². The third-order valence-corrected chi connectivity index (χ3v) is 3.80. The molecule has 17 heavy (non-hydrogen) atoms. The summed E-state index contributed by atoms with van der Waals surface area (Å²) in [6.45, 7) is 10.1. The van der Waals surface area contributed by atoms with Crippen molar-refractivity contribution in [2.45, 2.75) is 46.5 Å². The first kappa shape index (κ1) is 14.5. The molecule has 3 nitrogen and oxygen atoms in total. The van der Waals surface area contributed by atoms with Crippen LogP contribution < -0.4 is 0 Å². The van der Waals surface area contributed by atoms with E-state index in [1.165, 1.54) is 12.8 Å². The quantitative estimate of drug-likeness (QED) is 0.670. The maximum absolute atomic E-state index is 11.7. The van der Waals surface area contributed by atoms with E-state index in [4.69, 9.17) is 4.74 Å². The summed E-state index contributed by atoms with van der Waals surface area (Å²) < 4.78 is 5.12. The average molecular weight is 241 g/mol. The van der Waals surface area contributed by atoms with Gasteiger partial charge in [-0.1, -0.05) is 26.7 Å². The number of likely N-dealkylation sites (tertiary alicyclic amines) is 1. The number of hydrogen-bond donors (Lipinski definition) is 0. The number of piperidine rings is 1. The number of nitrogens with zero attached hydrogens (tertiary/aromatic N) is 1. The van der Waals surface area contributed by atoms with Crippen LogP contribution in [0.2, 0.25) is 0 Å². The van der Waals surface area contributed by atoms with Crippen molar-refractivity contribution in [1.29, 1.82) is 0 Å². The molecule has 1 heterocycles. The molecular weight excluding hydrogens is 214 g/mol. The second-order valence-corrected chi connectivity index (χ2v) is 5.03. The highest BCUT2D eigenvalue weighted by atomic mass is 16.5. The van der Waals surface area contributed by atoms with Gasteiger partial charge in [-0.3, -0.25) is 4.79 Å². The van der Waals surface area contributed by atoms with Gasteiger partial charge in [0.1, 0.15) is 0 Å². The molecule has 0 spiro atoms. The van der Waals surface area contributed by atoms with E-state index < -0.39 is 0 Å². The number of hydrogen-bond acceptors (Lipinski definition) is 3. The van der Waals surface area contributed by atoms with Gasteiger partial charge in [0.25, 0.3) is 0 Å². The summed E-state index contributed by atoms with van der Waals surface area (Å²) >= 11 is 0. The average Bonchev–Trinajstić information content (AvgIpc) is 2.36. The van der Waals surface area contributed by atoms with Crippen molar-refractivity contribution in [3.8, 4) is 0 Å². The van der Waals surface area contributed by atoms with Crippen LogP contribution in [-0.4, -0.2) is 37.1 Å². The van der Waals surface area contributed by atoms with Crippen molar-refractivity contribution in [2.24, 2.45) is 11.8 Å². The Labute approximate surface area is 106 Å². The van der Waals surface area contributed by atoms with Gasteiger partial charge in [0, 0.05) is 13.1 Å². The third kappa shape index (κ3) is 4.66. The van der Waals surface area contributed by atoms with Gasteiger partial charge in [-0.05, 0) is 32.2 Å². The van der Waals surface area contributed by atoms with Crippen LogP contribution in [0.1, 0.15) is 46.5 Å². The van der Waals surface area contributed by atoms with Crippen LogP contribution in [0, 0.1) is 11.8 Å². The summed E-state index contributed by atoms with van der Waals surface area (Å²) in [7, 11) is 0. The smallest absolute Gasteiger partial charge is 0.310 e. The molecule has 3 heteroatoms. The fourth-order valence-corrected chi connectivity index (χ4v) is 2.59. The number of esters is 1. The highest BCUT2D eigenvalue weighted by Crippen LogP contribution is 2.20. The molecule has 1 saturated heterocycles. The van der Waals surface area contributed by atoms with E-state index in [1.54, 1.807) is 0 Å². The fraction of sp³-hybridized carbons (Fsp3) is 0.929. The second-order valence-electron chi connectivity index (χ2n) is 5.03. The van der Waals surface area contributed by atoms with Gasteiger partial charge in [-0.2, -0.15) is 0 Å². The first-order valence-corrected chi connectivity index (χ1v) is 7.10. The summed E-state index contributed by atoms with van der Waals surface area (Å²) in [6, 6.07) is 0. The molecule has 1 aliphatic rings. The van der Waals surface area contributed by atoms with Crippen LogP contribution in [0.5, 0.6) is 0 Å². The Kier molecular flexibility index (Phi) is 6.56. The molecule has 100 valence electrons. The van der Waals surface area contributed by atoms with Crippen molar-refractivity contribution in [3.05, 3.63) is 0 Å². The predicted octanol–water partition coefficient (Wildman–Crippen LogP) is 2.70.